The van der Waals surface area contributed by atoms with Gasteiger partial charge >= 0.3 is 0 Å². The van der Waals surface area contributed by atoms with E-state index in [0.717, 1.165) is 32.5 Å². The molecule has 1 amide bonds. The normalized spacial score (nSPS) is 17.0. The average molecular weight is 345 g/mol. The Morgan fingerprint density at radius 1 is 1.38 bits per heavy atom. The van der Waals surface area contributed by atoms with E-state index in [4.69, 9.17) is 4.74 Å². The molecule has 3 rings (SSSR count). The molecule has 0 radical (unpaired) electrons. The highest BCUT2D eigenvalue weighted by atomic mass is 32.1. The Bertz CT molecular complexity index is 625. The van der Waals surface area contributed by atoms with Gasteiger partial charge < -0.3 is 15.0 Å². The van der Waals surface area contributed by atoms with Gasteiger partial charge in [0.2, 0.25) is 0 Å². The van der Waals surface area contributed by atoms with Crippen molar-refractivity contribution in [3.05, 3.63) is 52.5 Å². The van der Waals surface area contributed by atoms with Crippen molar-refractivity contribution < 1.29 is 9.53 Å². The maximum atomic E-state index is 12.4. The molecule has 1 aliphatic heterocycles. The number of rotatable bonds is 6. The van der Waals surface area contributed by atoms with Crippen LogP contribution in [-0.4, -0.2) is 48.6 Å². The number of hydrogen-bond donors (Lipinski definition) is 1. The molecule has 0 aliphatic carbocycles. The summed E-state index contributed by atoms with van der Waals surface area (Å²) >= 11 is 1.72. The Labute approximate surface area is 146 Å². The number of pyridine rings is 1. The van der Waals surface area contributed by atoms with E-state index in [9.17, 15) is 4.79 Å². The van der Waals surface area contributed by atoms with Crippen LogP contribution in [0.15, 0.2) is 42.0 Å². The van der Waals surface area contributed by atoms with Crippen molar-refractivity contribution in [1.82, 2.24) is 15.2 Å². The number of nitrogens with one attached hydrogen (secondary N) is 1. The first-order valence-electron chi connectivity index (χ1n) is 8.27. The van der Waals surface area contributed by atoms with Gasteiger partial charge in [-0.25, -0.2) is 0 Å². The first-order valence-corrected chi connectivity index (χ1v) is 9.15. The monoisotopic (exact) mass is 345 g/mol. The van der Waals surface area contributed by atoms with Crippen LogP contribution in [0.5, 0.6) is 0 Å². The minimum Gasteiger partial charge on any atom is -0.375 e. The van der Waals surface area contributed by atoms with E-state index in [1.807, 2.05) is 4.90 Å². The second kappa shape index (κ2) is 8.37. The molecule has 128 valence electrons. The van der Waals surface area contributed by atoms with Gasteiger partial charge in [-0.3, -0.25) is 9.78 Å². The smallest absolute Gasteiger partial charge is 0.253 e. The van der Waals surface area contributed by atoms with Gasteiger partial charge in [0, 0.05) is 55.6 Å². The minimum atomic E-state index is 0.0986. The number of likely N-dealkylation sites (tertiary alicyclic amines) is 1. The molecule has 5 nitrogen and oxygen atoms in total. The number of piperidine rings is 1. The summed E-state index contributed by atoms with van der Waals surface area (Å²) in [6.45, 7) is 2.38. The fraction of sp³-hybridized carbons (Fsp3) is 0.444. The van der Waals surface area contributed by atoms with E-state index in [2.05, 4.69) is 27.8 Å². The summed E-state index contributed by atoms with van der Waals surface area (Å²) < 4.78 is 5.58. The van der Waals surface area contributed by atoms with Gasteiger partial charge in [-0.1, -0.05) is 6.07 Å². The van der Waals surface area contributed by atoms with Crippen LogP contribution in [-0.2, 0) is 4.74 Å². The van der Waals surface area contributed by atoms with Gasteiger partial charge in [0.05, 0.1) is 0 Å². The lowest BCUT2D eigenvalue weighted by Crippen LogP contribution is -2.45. The topological polar surface area (TPSA) is 54.5 Å². The molecule has 1 atom stereocenters. The fourth-order valence-corrected chi connectivity index (χ4v) is 3.81. The van der Waals surface area contributed by atoms with E-state index in [1.54, 1.807) is 43.0 Å². The molecule has 3 heterocycles. The average Bonchev–Trinajstić information content (AvgIpc) is 3.17. The molecule has 1 fully saturated rings. The molecule has 0 bridgehead atoms. The molecule has 1 saturated heterocycles. The molecule has 2 aromatic rings. The summed E-state index contributed by atoms with van der Waals surface area (Å²) in [4.78, 5) is 19.6. The van der Waals surface area contributed by atoms with Crippen molar-refractivity contribution >= 4 is 17.2 Å². The van der Waals surface area contributed by atoms with Crippen molar-refractivity contribution in [2.75, 3.05) is 26.7 Å². The number of ether oxygens (including phenoxy) is 1. The number of nitrogens with zero attached hydrogens (tertiary/aromatic N) is 2. The highest BCUT2D eigenvalue weighted by molar-refractivity contribution is 7.10. The Morgan fingerprint density at radius 3 is 2.75 bits per heavy atom. The van der Waals surface area contributed by atoms with Crippen molar-refractivity contribution in [2.24, 2.45) is 0 Å². The van der Waals surface area contributed by atoms with Crippen LogP contribution < -0.4 is 5.32 Å². The van der Waals surface area contributed by atoms with Crippen LogP contribution in [0.1, 0.15) is 34.2 Å². The van der Waals surface area contributed by atoms with Crippen LogP contribution in [0, 0.1) is 0 Å². The molecule has 1 unspecified atom stereocenters. The molecule has 0 aromatic carbocycles. The summed E-state index contributed by atoms with van der Waals surface area (Å²) in [6.07, 6.45) is 5.37. The molecule has 0 spiro atoms. The maximum absolute atomic E-state index is 12.4. The number of hydrogen-bond acceptors (Lipinski definition) is 5. The number of amides is 1. The van der Waals surface area contributed by atoms with E-state index < -0.39 is 0 Å². The Hall–Kier alpha value is -1.76. The largest absolute Gasteiger partial charge is 0.375 e. The number of carbonyl (C=O) groups excluding carboxylic acids is 1. The second-order valence-electron chi connectivity index (χ2n) is 5.95. The zero-order valence-corrected chi connectivity index (χ0v) is 14.7. The van der Waals surface area contributed by atoms with Gasteiger partial charge in [-0.15, -0.1) is 11.3 Å². The predicted octanol–water partition coefficient (Wildman–Crippen LogP) is 2.73. The third-order valence-corrected chi connectivity index (χ3v) is 5.41. The number of aromatic nitrogens is 1. The number of carbonyl (C=O) groups is 1. The quantitative estimate of drug-likeness (QED) is 0.875. The lowest BCUT2D eigenvalue weighted by Gasteiger charge is -2.33. The Kier molecular flexibility index (Phi) is 5.96. The van der Waals surface area contributed by atoms with Crippen LogP contribution in [0.25, 0.3) is 0 Å². The van der Waals surface area contributed by atoms with Crippen molar-refractivity contribution in [3.63, 3.8) is 0 Å². The molecule has 1 aliphatic rings. The van der Waals surface area contributed by atoms with Gasteiger partial charge in [-0.05, 0) is 36.4 Å². The lowest BCUT2D eigenvalue weighted by molar-refractivity contribution is 0.0685. The molecule has 1 N–H and O–H groups in total. The predicted molar refractivity (Wildman–Crippen MR) is 95.2 cm³/mol. The van der Waals surface area contributed by atoms with Crippen molar-refractivity contribution in [2.45, 2.75) is 25.0 Å². The molecular weight excluding hydrogens is 322 g/mol. The summed E-state index contributed by atoms with van der Waals surface area (Å²) in [5.74, 6) is 0.101. The van der Waals surface area contributed by atoms with Gasteiger partial charge in [0.15, 0.2) is 0 Å². The molecule has 2 aromatic heterocycles. The lowest BCUT2D eigenvalue weighted by atomic mass is 10.0. The van der Waals surface area contributed by atoms with E-state index in [1.165, 1.54) is 4.88 Å². The Morgan fingerprint density at radius 2 is 2.12 bits per heavy atom. The fourth-order valence-electron chi connectivity index (χ4n) is 3.01. The SMILES string of the molecule is COC(CNC1CCN(C(=O)c2ccncc2)CC1)c1cccs1. The highest BCUT2D eigenvalue weighted by Crippen LogP contribution is 2.22. The van der Waals surface area contributed by atoms with Crippen LogP contribution >= 0.6 is 11.3 Å². The first-order chi connectivity index (χ1) is 11.8. The van der Waals surface area contributed by atoms with Crippen molar-refractivity contribution in [1.29, 1.82) is 0 Å². The summed E-state index contributed by atoms with van der Waals surface area (Å²) in [5, 5.41) is 5.67. The molecule has 0 saturated carbocycles. The minimum absolute atomic E-state index is 0.0986. The number of methoxy groups -OCH3 is 1. The van der Waals surface area contributed by atoms with E-state index in [0.29, 0.717) is 11.6 Å². The van der Waals surface area contributed by atoms with Crippen LogP contribution in [0.2, 0.25) is 0 Å². The van der Waals surface area contributed by atoms with Crippen molar-refractivity contribution in [3.8, 4) is 0 Å². The van der Waals surface area contributed by atoms with Crippen LogP contribution in [0.3, 0.4) is 0 Å². The molecular formula is C18H23N3O2S. The van der Waals surface area contributed by atoms with Gasteiger partial charge in [0.1, 0.15) is 6.10 Å². The maximum Gasteiger partial charge on any atom is 0.253 e. The third kappa shape index (κ3) is 4.20. The Balaban J connectivity index is 1.46. The molecule has 6 heteroatoms. The zero-order chi connectivity index (χ0) is 16.8. The standard InChI is InChI=1S/C18H23N3O2S/c1-23-16(17-3-2-12-24-17)13-20-15-6-10-21(11-7-15)18(22)14-4-8-19-9-5-14/h2-5,8-9,12,15-16,20H,6-7,10-11,13H2,1H3. The third-order valence-electron chi connectivity index (χ3n) is 4.45. The van der Waals surface area contributed by atoms with E-state index in [-0.39, 0.29) is 12.0 Å². The zero-order valence-electron chi connectivity index (χ0n) is 13.9. The summed E-state index contributed by atoms with van der Waals surface area (Å²) in [7, 11) is 1.75. The van der Waals surface area contributed by atoms with Gasteiger partial charge in [0.25, 0.3) is 5.91 Å². The molecule has 24 heavy (non-hydrogen) atoms. The summed E-state index contributed by atoms with van der Waals surface area (Å²) in [6, 6.07) is 8.14. The first kappa shape index (κ1) is 17.1. The number of thiophene rings is 1. The van der Waals surface area contributed by atoms with Crippen LogP contribution in [0.4, 0.5) is 0 Å². The second-order valence-corrected chi connectivity index (χ2v) is 6.93. The summed E-state index contributed by atoms with van der Waals surface area (Å²) in [5.41, 5.74) is 0.716. The van der Waals surface area contributed by atoms with Gasteiger partial charge in [-0.2, -0.15) is 0 Å². The van der Waals surface area contributed by atoms with E-state index >= 15 is 0 Å². The highest BCUT2D eigenvalue weighted by Gasteiger charge is 2.24.